The molecule has 12 heteroatoms. The summed E-state index contributed by atoms with van der Waals surface area (Å²) >= 11 is 1.21. The Bertz CT molecular complexity index is 1010. The molecule has 2 aromatic heterocycles. The topological polar surface area (TPSA) is 157 Å². The van der Waals surface area contributed by atoms with E-state index < -0.39 is 20.0 Å². The lowest BCUT2D eigenvalue weighted by molar-refractivity contribution is 0.0764. The number of ether oxygens (including phenoxy) is 1. The molecule has 0 aliphatic rings. The Morgan fingerprint density at radius 1 is 1.33 bits per heavy atom. The second-order valence-electron chi connectivity index (χ2n) is 5.80. The number of fused-ring (bicyclic) bond motifs is 1. The minimum Gasteiger partial charge on any atom is -0.507 e. The third kappa shape index (κ3) is 4.96. The van der Waals surface area contributed by atoms with Gasteiger partial charge in [0.15, 0.2) is 5.65 Å². The second-order valence-corrected chi connectivity index (χ2v) is 8.42. The molecule has 0 aliphatic carbocycles. The molecule has 2 heterocycles. The fourth-order valence-corrected chi connectivity index (χ4v) is 3.70. The first-order valence-electron chi connectivity index (χ1n) is 7.83. The van der Waals surface area contributed by atoms with Gasteiger partial charge in [0.1, 0.15) is 22.6 Å². The van der Waals surface area contributed by atoms with Crippen LogP contribution in [0.3, 0.4) is 0 Å². The van der Waals surface area contributed by atoms with Crippen molar-refractivity contribution in [2.75, 3.05) is 12.1 Å². The molecule has 1 unspecified atom stereocenters. The number of anilines is 1. The molecule has 0 bridgehead atoms. The summed E-state index contributed by atoms with van der Waals surface area (Å²) in [6.07, 6.45) is 0.387. The molecule has 144 valence electrons. The Hall–Kier alpha value is -2.17. The van der Waals surface area contributed by atoms with Crippen LogP contribution >= 0.6 is 19.4 Å². The number of aromatic hydroxyl groups is 1. The molecule has 0 saturated carbocycles. The van der Waals surface area contributed by atoms with Crippen LogP contribution in [0.25, 0.3) is 11.2 Å². The summed E-state index contributed by atoms with van der Waals surface area (Å²) in [6, 6.07) is 6.83. The number of hydrogen-bond donors (Lipinski definition) is 4. The quantitative estimate of drug-likeness (QED) is 0.334. The summed E-state index contributed by atoms with van der Waals surface area (Å²) in [6.45, 7) is 1.96. The summed E-state index contributed by atoms with van der Waals surface area (Å²) in [7, 11) is -4.24. The van der Waals surface area contributed by atoms with Gasteiger partial charge >= 0.3 is 7.60 Å². The number of para-hydroxylation sites is 1. The fraction of sp³-hybridized carbons (Fsp3) is 0.267. The Morgan fingerprint density at radius 2 is 2.07 bits per heavy atom. The smallest absolute Gasteiger partial charge is 0.350 e. The highest BCUT2D eigenvalue weighted by molar-refractivity contribution is 7.99. The number of imidazole rings is 1. The van der Waals surface area contributed by atoms with Gasteiger partial charge in [0, 0.05) is 0 Å². The molecule has 10 nitrogen and oxygen atoms in total. The lowest BCUT2D eigenvalue weighted by atomic mass is 10.3. The first-order chi connectivity index (χ1) is 12.7. The number of nitrogens with zero attached hydrogens (tertiary/aromatic N) is 4. The van der Waals surface area contributed by atoms with Crippen molar-refractivity contribution in [1.29, 1.82) is 0 Å². The molecule has 0 aliphatic heterocycles. The molecule has 1 atom stereocenters. The van der Waals surface area contributed by atoms with E-state index in [2.05, 4.69) is 15.0 Å². The summed E-state index contributed by atoms with van der Waals surface area (Å²) in [4.78, 5) is 31.1. The van der Waals surface area contributed by atoms with Gasteiger partial charge in [-0.2, -0.15) is 4.98 Å². The van der Waals surface area contributed by atoms with Crippen LogP contribution in [0, 0.1) is 0 Å². The summed E-state index contributed by atoms with van der Waals surface area (Å²) in [5.74, 6) is 0.165. The van der Waals surface area contributed by atoms with Crippen LogP contribution in [0.2, 0.25) is 0 Å². The predicted molar refractivity (Wildman–Crippen MR) is 99.4 cm³/mol. The van der Waals surface area contributed by atoms with Crippen molar-refractivity contribution in [2.24, 2.45) is 0 Å². The van der Waals surface area contributed by atoms with Crippen LogP contribution in [-0.2, 0) is 15.8 Å². The lowest BCUT2D eigenvalue weighted by Gasteiger charge is -2.14. The lowest BCUT2D eigenvalue weighted by Crippen LogP contribution is -2.17. The molecule has 0 saturated heterocycles. The van der Waals surface area contributed by atoms with Gasteiger partial charge in [-0.25, -0.2) is 9.97 Å². The van der Waals surface area contributed by atoms with Crippen molar-refractivity contribution in [3.63, 3.8) is 0 Å². The Morgan fingerprint density at radius 3 is 2.78 bits per heavy atom. The molecule has 0 amide bonds. The van der Waals surface area contributed by atoms with E-state index in [1.165, 1.54) is 18.1 Å². The van der Waals surface area contributed by atoms with Gasteiger partial charge in [-0.3, -0.25) is 4.57 Å². The molecule has 3 aromatic rings. The van der Waals surface area contributed by atoms with Crippen molar-refractivity contribution in [3.05, 3.63) is 30.6 Å². The third-order valence-corrected chi connectivity index (χ3v) is 5.03. The summed E-state index contributed by atoms with van der Waals surface area (Å²) < 4.78 is 17.8. The first kappa shape index (κ1) is 19.6. The van der Waals surface area contributed by atoms with Crippen molar-refractivity contribution in [1.82, 2.24) is 19.5 Å². The van der Waals surface area contributed by atoms with Crippen LogP contribution in [-0.4, -0.2) is 46.9 Å². The van der Waals surface area contributed by atoms with Crippen molar-refractivity contribution in [3.8, 4) is 5.75 Å². The molecule has 0 spiro atoms. The normalized spacial score (nSPS) is 13.1. The van der Waals surface area contributed by atoms with Crippen molar-refractivity contribution >= 4 is 36.5 Å². The van der Waals surface area contributed by atoms with E-state index in [4.69, 9.17) is 20.3 Å². The minimum atomic E-state index is -4.24. The van der Waals surface area contributed by atoms with Crippen LogP contribution in [0.5, 0.6) is 5.75 Å². The number of nitrogen functional groups attached to an aromatic ring is 1. The average molecular weight is 411 g/mol. The molecular formula is C15H18N5O5PS. The van der Waals surface area contributed by atoms with E-state index in [1.54, 1.807) is 35.8 Å². The van der Waals surface area contributed by atoms with Gasteiger partial charge in [0.05, 0.1) is 23.9 Å². The number of hydrogen-bond acceptors (Lipinski definition) is 8. The molecule has 1 aromatic carbocycles. The van der Waals surface area contributed by atoms with E-state index in [9.17, 15) is 9.67 Å². The largest absolute Gasteiger partial charge is 0.507 e. The van der Waals surface area contributed by atoms with Crippen LogP contribution in [0.15, 0.2) is 40.5 Å². The maximum atomic E-state index is 10.9. The number of rotatable bonds is 7. The van der Waals surface area contributed by atoms with Gasteiger partial charge < -0.3 is 29.9 Å². The fourth-order valence-electron chi connectivity index (χ4n) is 2.34. The van der Waals surface area contributed by atoms with Crippen LogP contribution in [0.1, 0.15) is 6.92 Å². The molecule has 0 fully saturated rings. The molecule has 5 N–H and O–H groups in total. The third-order valence-electron chi connectivity index (χ3n) is 3.50. The average Bonchev–Trinajstić information content (AvgIpc) is 2.97. The first-order valence-corrected chi connectivity index (χ1v) is 10.4. The number of aromatic nitrogens is 4. The maximum absolute atomic E-state index is 10.9. The molecular weight excluding hydrogens is 393 g/mol. The van der Waals surface area contributed by atoms with Gasteiger partial charge in [-0.15, -0.1) is 0 Å². The highest BCUT2D eigenvalue weighted by Gasteiger charge is 2.18. The van der Waals surface area contributed by atoms with Crippen LogP contribution < -0.4 is 5.73 Å². The summed E-state index contributed by atoms with van der Waals surface area (Å²) in [5, 5.41) is 10.4. The van der Waals surface area contributed by atoms with Gasteiger partial charge in [-0.1, -0.05) is 23.9 Å². The van der Waals surface area contributed by atoms with Crippen LogP contribution in [0.4, 0.5) is 5.95 Å². The monoisotopic (exact) mass is 411 g/mol. The van der Waals surface area contributed by atoms with E-state index >= 15 is 0 Å². The Kier molecular flexibility index (Phi) is 5.68. The van der Waals surface area contributed by atoms with E-state index in [1.807, 2.05) is 0 Å². The Balaban J connectivity index is 1.86. The predicted octanol–water partition coefficient (Wildman–Crippen LogP) is 1.81. The Labute approximate surface area is 158 Å². The zero-order valence-corrected chi connectivity index (χ0v) is 16.0. The van der Waals surface area contributed by atoms with E-state index in [0.29, 0.717) is 21.1 Å². The number of phenolic OH excluding ortho intramolecular Hbond substituents is 1. The minimum absolute atomic E-state index is 0.0472. The molecule has 27 heavy (non-hydrogen) atoms. The number of phenols is 1. The number of nitrogens with two attached hydrogens (primary N) is 1. The number of benzene rings is 1. The van der Waals surface area contributed by atoms with Gasteiger partial charge in [-0.05, 0) is 19.1 Å². The van der Waals surface area contributed by atoms with Crippen molar-refractivity contribution in [2.45, 2.75) is 29.5 Å². The SMILES string of the molecule is CC(Cn1cnc2c(Sc3ccccc3O)nc(N)nc21)OCP(=O)(O)O. The highest BCUT2D eigenvalue weighted by Crippen LogP contribution is 2.36. The maximum Gasteiger partial charge on any atom is 0.350 e. The second kappa shape index (κ2) is 7.83. The molecule has 3 rings (SSSR count). The van der Waals surface area contributed by atoms with E-state index in [-0.39, 0.29) is 18.2 Å². The van der Waals surface area contributed by atoms with Gasteiger partial charge in [0.2, 0.25) is 5.95 Å². The standard InChI is InChI=1S/C15H18N5O5PS/c1-9(25-8-26(22,23)24)6-20-7-17-12-13(20)18-15(16)19-14(12)27-11-5-3-2-4-10(11)21/h2-5,7,9,21H,6,8H2,1H3,(H2,16,18,19)(H2,22,23,24). The summed E-state index contributed by atoms with van der Waals surface area (Å²) in [5.41, 5.74) is 6.78. The van der Waals surface area contributed by atoms with Gasteiger partial charge in [0.25, 0.3) is 0 Å². The van der Waals surface area contributed by atoms with E-state index in [0.717, 1.165) is 0 Å². The molecule has 0 radical (unpaired) electrons. The van der Waals surface area contributed by atoms with Crippen molar-refractivity contribution < 1.29 is 24.2 Å². The highest BCUT2D eigenvalue weighted by atomic mass is 32.2. The zero-order chi connectivity index (χ0) is 19.6. The zero-order valence-electron chi connectivity index (χ0n) is 14.3.